The van der Waals surface area contributed by atoms with Crippen LogP contribution in [0.1, 0.15) is 293 Å². The Morgan fingerprint density at radius 3 is 0.733 bits per heavy atom. The Morgan fingerprint density at radius 2 is 0.467 bits per heavy atom. The van der Waals surface area contributed by atoms with Gasteiger partial charge in [-0.3, -0.25) is 0 Å². The molecular weight excluding hydrogens is 1260 g/mol. The first kappa shape index (κ1) is 72.7. The van der Waals surface area contributed by atoms with Crippen molar-refractivity contribution in [2.24, 2.45) is 23.7 Å². The molecule has 5 aliphatic carbocycles. The largest absolute Gasteiger partial charge is 0.0654 e. The Hall–Kier alpha value is -7.80. The zero-order valence-corrected chi connectivity index (χ0v) is 67.1. The molecule has 0 heteroatoms. The van der Waals surface area contributed by atoms with Gasteiger partial charge in [0.15, 0.2) is 0 Å². The fourth-order valence-corrected chi connectivity index (χ4v) is 22.6. The van der Waals surface area contributed by atoms with Gasteiger partial charge in [-0.1, -0.05) is 313 Å². The van der Waals surface area contributed by atoms with Crippen LogP contribution >= 0.6 is 0 Å². The highest BCUT2D eigenvalue weighted by molar-refractivity contribution is 5.93. The molecule has 0 N–H and O–H groups in total. The van der Waals surface area contributed by atoms with Crippen molar-refractivity contribution in [1.29, 1.82) is 0 Å². The third kappa shape index (κ3) is 11.9. The first-order valence-electron chi connectivity index (χ1n) is 42.4. The number of benzene rings is 10. The van der Waals surface area contributed by atoms with Crippen LogP contribution in [0.3, 0.4) is 0 Å². The van der Waals surface area contributed by atoms with Crippen molar-refractivity contribution in [3.8, 4) is 100 Å². The maximum Gasteiger partial charge on any atom is 0.0220 e. The molecule has 0 fully saturated rings. The van der Waals surface area contributed by atoms with Gasteiger partial charge < -0.3 is 0 Å². The zero-order valence-electron chi connectivity index (χ0n) is 67.1. The highest BCUT2D eigenvalue weighted by Gasteiger charge is 2.50. The number of aryl methyl sites for hydroxylation is 1. The number of fused-ring (bicyclic) bond motifs is 15. The van der Waals surface area contributed by atoms with Gasteiger partial charge in [0.1, 0.15) is 0 Å². The minimum absolute atomic E-state index is 0.00603. The lowest BCUT2D eigenvalue weighted by Crippen LogP contribution is -2.30. The minimum Gasteiger partial charge on any atom is -0.0654 e. The van der Waals surface area contributed by atoms with Gasteiger partial charge in [-0.2, -0.15) is 0 Å². The fraction of sp³-hybridized carbons (Fsp3) is 0.429. The van der Waals surface area contributed by atoms with Gasteiger partial charge in [0.2, 0.25) is 0 Å². The highest BCUT2D eigenvalue weighted by atomic mass is 14.5. The summed E-state index contributed by atoms with van der Waals surface area (Å²) in [6.07, 6.45) is 24.5. The molecule has 0 aliphatic heterocycles. The summed E-state index contributed by atoms with van der Waals surface area (Å²) < 4.78 is 0. The van der Waals surface area contributed by atoms with Gasteiger partial charge in [-0.15, -0.1) is 0 Å². The van der Waals surface area contributed by atoms with Crippen LogP contribution in [0.5, 0.6) is 0 Å². The second-order valence-electron chi connectivity index (χ2n) is 35.0. The molecule has 0 bridgehead atoms. The van der Waals surface area contributed by atoms with Crippen LogP contribution in [-0.4, -0.2) is 0 Å². The standard InChI is InChI=1S/C105H122/c1-16-25-53-102(51-20-5)94-57-74(73-32-41-83-81-29-27-28-30-91(81)101(49-18-3,50-19-4)93(83)56-73)33-42-84(94)86-44-35-76(59-96(86)102)79-38-47-89-90-48-39-80(63-100(90)105(99(89)62-79,66-70(13)23-8)67-71(14)24-9)77-36-45-87-85-43-34-75(58-95(85)103(52-21-6,54-26-17-2)97(87)60-77)78-37-46-88-82-40-31-72(15)55-92(82)104(64-68(10)11,98(88)61-78)65-69(12)22-7/h27-48,55-63,68-71H,16-26,49-54,64-67H2,1-15H3. The van der Waals surface area contributed by atoms with Crippen molar-refractivity contribution in [1.82, 2.24) is 0 Å². The summed E-state index contributed by atoms with van der Waals surface area (Å²) in [6.45, 7) is 36.4. The van der Waals surface area contributed by atoms with Crippen LogP contribution in [0.15, 0.2) is 188 Å². The second-order valence-corrected chi connectivity index (χ2v) is 35.0. The molecule has 105 heavy (non-hydrogen) atoms. The maximum absolute atomic E-state index is 2.71. The summed E-state index contributed by atoms with van der Waals surface area (Å²) in [5.74, 6) is 2.32. The lowest BCUT2D eigenvalue weighted by molar-refractivity contribution is 0.308. The van der Waals surface area contributed by atoms with E-state index in [1.54, 1.807) is 50.1 Å². The summed E-state index contributed by atoms with van der Waals surface area (Å²) in [6, 6.07) is 78.2. The molecule has 10 aromatic rings. The van der Waals surface area contributed by atoms with Crippen molar-refractivity contribution in [2.45, 2.75) is 266 Å². The number of unbranched alkanes of at least 4 members (excludes halogenated alkanes) is 2. The van der Waals surface area contributed by atoms with E-state index in [-0.39, 0.29) is 27.1 Å². The summed E-state index contributed by atoms with van der Waals surface area (Å²) >= 11 is 0. The number of hydrogen-bond acceptors (Lipinski definition) is 0. The Morgan fingerprint density at radius 1 is 0.229 bits per heavy atom. The van der Waals surface area contributed by atoms with Gasteiger partial charge in [0.05, 0.1) is 0 Å². The Labute approximate surface area is 634 Å². The molecule has 0 nitrogen and oxygen atoms in total. The molecule has 0 heterocycles. The third-order valence-corrected chi connectivity index (χ3v) is 27.8. The van der Waals surface area contributed by atoms with Crippen LogP contribution < -0.4 is 0 Å². The summed E-state index contributed by atoms with van der Waals surface area (Å²) in [5.41, 5.74) is 42.0. The van der Waals surface area contributed by atoms with E-state index in [0.29, 0.717) is 23.7 Å². The Kier molecular flexibility index (Phi) is 20.1. The maximum atomic E-state index is 2.71. The third-order valence-electron chi connectivity index (χ3n) is 27.8. The zero-order chi connectivity index (χ0) is 73.3. The molecular formula is C105H122. The molecule has 0 saturated heterocycles. The van der Waals surface area contributed by atoms with E-state index in [4.69, 9.17) is 0 Å². The molecule has 0 saturated carbocycles. The van der Waals surface area contributed by atoms with Crippen LogP contribution in [0.4, 0.5) is 0 Å². The lowest BCUT2D eigenvalue weighted by atomic mass is 9.66. The van der Waals surface area contributed by atoms with Gasteiger partial charge in [-0.25, -0.2) is 0 Å². The smallest absolute Gasteiger partial charge is 0.0220 e. The Balaban J connectivity index is 0.806. The topological polar surface area (TPSA) is 0 Å². The molecule has 6 atom stereocenters. The van der Waals surface area contributed by atoms with Crippen LogP contribution in [0.2, 0.25) is 0 Å². The van der Waals surface area contributed by atoms with E-state index in [2.05, 4.69) is 292 Å². The van der Waals surface area contributed by atoms with Crippen molar-refractivity contribution in [3.63, 3.8) is 0 Å². The monoisotopic (exact) mass is 1380 g/mol. The first-order chi connectivity index (χ1) is 51.0. The predicted octanol–water partition coefficient (Wildman–Crippen LogP) is 30.9. The van der Waals surface area contributed by atoms with Crippen molar-refractivity contribution in [3.05, 3.63) is 249 Å². The normalized spacial score (nSPS) is 20.2. The summed E-state index contributed by atoms with van der Waals surface area (Å²) in [5, 5.41) is 0. The molecule has 15 rings (SSSR count). The molecule has 0 radical (unpaired) electrons. The van der Waals surface area contributed by atoms with Crippen LogP contribution in [0, 0.1) is 30.6 Å². The van der Waals surface area contributed by atoms with E-state index in [1.165, 1.54) is 175 Å². The van der Waals surface area contributed by atoms with E-state index in [1.807, 2.05) is 0 Å². The quantitative estimate of drug-likeness (QED) is 0.0438. The van der Waals surface area contributed by atoms with E-state index in [9.17, 15) is 0 Å². The molecule has 0 amide bonds. The van der Waals surface area contributed by atoms with Crippen molar-refractivity contribution >= 4 is 0 Å². The fourth-order valence-electron chi connectivity index (χ4n) is 22.6. The molecule has 6 unspecified atom stereocenters. The average molecular weight is 1380 g/mol. The van der Waals surface area contributed by atoms with Crippen molar-refractivity contribution in [2.75, 3.05) is 0 Å². The molecule has 5 aliphatic rings. The highest BCUT2D eigenvalue weighted by Crippen LogP contribution is 2.63. The first-order valence-corrected chi connectivity index (χ1v) is 42.4. The second kappa shape index (κ2) is 29.1. The van der Waals surface area contributed by atoms with E-state index < -0.39 is 0 Å². The van der Waals surface area contributed by atoms with E-state index in [0.717, 1.165) is 70.6 Å². The van der Waals surface area contributed by atoms with Crippen LogP contribution in [-0.2, 0) is 27.1 Å². The molecule has 542 valence electrons. The number of rotatable bonds is 29. The molecule has 0 aromatic heterocycles. The average Bonchev–Trinajstić information content (AvgIpc) is 1.58. The summed E-state index contributed by atoms with van der Waals surface area (Å²) in [7, 11) is 0. The minimum atomic E-state index is -0.135. The van der Waals surface area contributed by atoms with E-state index >= 15 is 0 Å². The SMILES string of the molecule is CCCCC1(CCC)c2cc(-c3ccc4c(c3)C(CCC)(CCC)c3ccccc3-4)ccc2-c2ccc(-c3ccc4c(c3)C(CC(C)CC)(CC(C)CC)c3cc(-c5ccc6c(c5)C(CCC)(CCCC)c5cc(-c7ccc8c(c7)C(CC(C)C)(CC(C)CC)c7cc(C)ccc7-8)ccc5-6)ccc3-4)cc21. The van der Waals surface area contributed by atoms with Crippen LogP contribution in [0.25, 0.3) is 100 Å². The molecule has 0 spiro atoms. The van der Waals surface area contributed by atoms with Crippen molar-refractivity contribution < 1.29 is 0 Å². The van der Waals surface area contributed by atoms with Gasteiger partial charge >= 0.3 is 0 Å². The lowest BCUT2D eigenvalue weighted by Gasteiger charge is -2.37. The number of hydrogen-bond donors (Lipinski definition) is 0. The van der Waals surface area contributed by atoms with Gasteiger partial charge in [0, 0.05) is 27.1 Å². The van der Waals surface area contributed by atoms with Gasteiger partial charge in [0.25, 0.3) is 0 Å². The Bertz CT molecular complexity index is 4880. The molecule has 10 aromatic carbocycles. The van der Waals surface area contributed by atoms with Gasteiger partial charge in [-0.05, 0) is 299 Å². The summed E-state index contributed by atoms with van der Waals surface area (Å²) in [4.78, 5) is 0. The predicted molar refractivity (Wildman–Crippen MR) is 454 cm³/mol.